The van der Waals surface area contributed by atoms with Gasteiger partial charge < -0.3 is 18.9 Å². The molecule has 0 radical (unpaired) electrons. The summed E-state index contributed by atoms with van der Waals surface area (Å²) in [5.41, 5.74) is 0.718. The molecule has 0 amide bonds. The van der Waals surface area contributed by atoms with Crippen LogP contribution in [0.1, 0.15) is 43.8 Å². The summed E-state index contributed by atoms with van der Waals surface area (Å²) in [6.45, 7) is 3.05. The van der Waals surface area contributed by atoms with Crippen molar-refractivity contribution in [3.8, 4) is 28.9 Å². The molecule has 0 bridgehead atoms. The number of carbonyl (C=O) groups excluding carboxylic acids is 1. The van der Waals surface area contributed by atoms with E-state index in [2.05, 4.69) is 17.0 Å². The topological polar surface area (TPSA) is 84.7 Å². The fourth-order valence-corrected chi connectivity index (χ4v) is 2.78. The number of ether oxygens (including phenoxy) is 4. The molecule has 8 heteroatoms. The molecular formula is C19H25N3O5. The maximum Gasteiger partial charge on any atom is 0.336 e. The van der Waals surface area contributed by atoms with Crippen LogP contribution in [0.5, 0.6) is 17.5 Å². The molecule has 0 aliphatic carbocycles. The van der Waals surface area contributed by atoms with Crippen molar-refractivity contribution in [2.24, 2.45) is 0 Å². The van der Waals surface area contributed by atoms with Gasteiger partial charge in [0.2, 0.25) is 12.7 Å². The third-order valence-corrected chi connectivity index (χ3v) is 4.22. The molecule has 2 aromatic rings. The number of unbranched alkanes of at least 4 members (excludes halogenated alkanes) is 3. The van der Waals surface area contributed by atoms with Crippen molar-refractivity contribution in [2.75, 3.05) is 27.1 Å². The lowest BCUT2D eigenvalue weighted by Gasteiger charge is -2.05. The molecule has 8 nitrogen and oxygen atoms in total. The summed E-state index contributed by atoms with van der Waals surface area (Å²) in [6, 6.07) is 5.58. The summed E-state index contributed by atoms with van der Waals surface area (Å²) in [7, 11) is 1.59. The Morgan fingerprint density at radius 1 is 1.19 bits per heavy atom. The van der Waals surface area contributed by atoms with Crippen LogP contribution < -0.4 is 14.2 Å². The Morgan fingerprint density at radius 3 is 2.85 bits per heavy atom. The number of nitrogens with zero attached hydrogens (tertiary/aromatic N) is 3. The summed E-state index contributed by atoms with van der Waals surface area (Å²) in [5, 5.41) is 4.26. The summed E-state index contributed by atoms with van der Waals surface area (Å²) in [5.74, 6) is 1.63. The third kappa shape index (κ3) is 4.77. The van der Waals surface area contributed by atoms with Crippen molar-refractivity contribution in [3.63, 3.8) is 0 Å². The lowest BCUT2D eigenvalue weighted by molar-refractivity contribution is 0.0881. The van der Waals surface area contributed by atoms with E-state index in [0.29, 0.717) is 37.0 Å². The Hall–Kier alpha value is -2.61. The van der Waals surface area contributed by atoms with Crippen molar-refractivity contribution in [1.29, 1.82) is 0 Å². The Bertz CT molecular complexity index is 775. The average Bonchev–Trinajstić information content (AvgIpc) is 3.31. The zero-order chi connectivity index (χ0) is 19.1. The van der Waals surface area contributed by atoms with Crippen LogP contribution >= 0.6 is 0 Å². The lowest BCUT2D eigenvalue weighted by atomic mass is 10.1. The van der Waals surface area contributed by atoms with Gasteiger partial charge in [-0.2, -0.15) is 9.67 Å². The van der Waals surface area contributed by atoms with Gasteiger partial charge in [0.1, 0.15) is 6.61 Å². The monoisotopic (exact) mass is 375 g/mol. The summed E-state index contributed by atoms with van der Waals surface area (Å²) >= 11 is 0. The van der Waals surface area contributed by atoms with E-state index in [0.717, 1.165) is 31.2 Å². The first-order valence-electron chi connectivity index (χ1n) is 9.25. The molecule has 0 spiro atoms. The number of rotatable bonds is 10. The molecule has 0 saturated heterocycles. The smallest absolute Gasteiger partial charge is 0.336 e. The second kappa shape index (κ2) is 9.36. The van der Waals surface area contributed by atoms with Gasteiger partial charge in [-0.1, -0.05) is 26.2 Å². The first-order chi connectivity index (χ1) is 13.2. The number of methoxy groups -OCH3 is 1. The van der Waals surface area contributed by atoms with Crippen LogP contribution in [0.15, 0.2) is 18.2 Å². The van der Waals surface area contributed by atoms with Crippen LogP contribution in [-0.4, -0.2) is 47.8 Å². The number of carbonyl (C=O) groups is 1. The number of benzene rings is 1. The quantitative estimate of drug-likeness (QED) is 0.589. The van der Waals surface area contributed by atoms with Gasteiger partial charge in [0.15, 0.2) is 17.3 Å². The van der Waals surface area contributed by atoms with E-state index >= 15 is 0 Å². The summed E-state index contributed by atoms with van der Waals surface area (Å²) in [6.07, 6.45) is 4.50. The zero-order valence-electron chi connectivity index (χ0n) is 15.8. The number of hydrogen-bond donors (Lipinski definition) is 0. The minimum absolute atomic E-state index is 0.104. The predicted molar refractivity (Wildman–Crippen MR) is 98.3 cm³/mol. The molecule has 3 rings (SSSR count). The van der Waals surface area contributed by atoms with E-state index in [4.69, 9.17) is 18.9 Å². The van der Waals surface area contributed by atoms with Crippen LogP contribution in [0.2, 0.25) is 0 Å². The molecule has 0 N–H and O–H groups in total. The Balaban J connectivity index is 1.82. The largest absolute Gasteiger partial charge is 0.460 e. The van der Waals surface area contributed by atoms with E-state index in [9.17, 15) is 4.79 Å². The van der Waals surface area contributed by atoms with E-state index in [1.165, 1.54) is 4.68 Å². The van der Waals surface area contributed by atoms with Gasteiger partial charge >= 0.3 is 6.01 Å². The average molecular weight is 375 g/mol. The number of fused-ring (bicyclic) bond motifs is 1. The molecule has 2 heterocycles. The molecule has 0 unspecified atom stereocenters. The van der Waals surface area contributed by atoms with Gasteiger partial charge in [-0.05, 0) is 24.6 Å². The van der Waals surface area contributed by atoms with Crippen molar-refractivity contribution in [3.05, 3.63) is 18.2 Å². The van der Waals surface area contributed by atoms with Crippen LogP contribution in [0.25, 0.3) is 11.4 Å². The molecule has 1 aliphatic heterocycles. The first-order valence-corrected chi connectivity index (χ1v) is 9.25. The third-order valence-electron chi connectivity index (χ3n) is 4.22. The maximum atomic E-state index is 12.7. The molecule has 1 aliphatic rings. The molecule has 1 aromatic carbocycles. The Kier molecular flexibility index (Phi) is 6.64. The van der Waals surface area contributed by atoms with Crippen molar-refractivity contribution >= 4 is 5.91 Å². The molecule has 146 valence electrons. The lowest BCUT2D eigenvalue weighted by Crippen LogP contribution is -2.14. The van der Waals surface area contributed by atoms with Gasteiger partial charge in [0, 0.05) is 19.1 Å². The predicted octanol–water partition coefficient (Wildman–Crippen LogP) is 3.31. The van der Waals surface area contributed by atoms with E-state index in [1.54, 1.807) is 19.2 Å². The van der Waals surface area contributed by atoms with Gasteiger partial charge in [-0.25, -0.2) is 0 Å². The summed E-state index contributed by atoms with van der Waals surface area (Å²) < 4.78 is 22.6. The van der Waals surface area contributed by atoms with E-state index < -0.39 is 0 Å². The van der Waals surface area contributed by atoms with Crippen LogP contribution in [0.3, 0.4) is 0 Å². The molecule has 0 fully saturated rings. The molecule has 0 atom stereocenters. The highest BCUT2D eigenvalue weighted by molar-refractivity contribution is 5.82. The van der Waals surface area contributed by atoms with Gasteiger partial charge in [-0.3, -0.25) is 4.79 Å². The van der Waals surface area contributed by atoms with Crippen molar-refractivity contribution < 1.29 is 23.7 Å². The van der Waals surface area contributed by atoms with Gasteiger partial charge in [0.05, 0.1) is 6.61 Å². The Morgan fingerprint density at radius 2 is 2.04 bits per heavy atom. The highest BCUT2D eigenvalue weighted by Gasteiger charge is 2.21. The zero-order valence-corrected chi connectivity index (χ0v) is 15.8. The molecular weight excluding hydrogens is 350 g/mol. The number of aromatic nitrogens is 3. The van der Waals surface area contributed by atoms with E-state index in [-0.39, 0.29) is 18.7 Å². The van der Waals surface area contributed by atoms with Crippen LogP contribution in [0, 0.1) is 0 Å². The van der Waals surface area contributed by atoms with Crippen LogP contribution in [-0.2, 0) is 4.74 Å². The minimum atomic E-state index is -0.104. The fourth-order valence-electron chi connectivity index (χ4n) is 2.78. The molecule has 1 aromatic heterocycles. The summed E-state index contributed by atoms with van der Waals surface area (Å²) in [4.78, 5) is 17.1. The van der Waals surface area contributed by atoms with Crippen LogP contribution in [0.4, 0.5) is 0 Å². The highest BCUT2D eigenvalue weighted by atomic mass is 16.7. The normalized spacial score (nSPS) is 12.4. The van der Waals surface area contributed by atoms with Gasteiger partial charge in [-0.15, -0.1) is 5.10 Å². The Labute approximate surface area is 158 Å². The first kappa shape index (κ1) is 19.2. The number of hydrogen-bond acceptors (Lipinski definition) is 7. The molecule has 0 saturated carbocycles. The SMILES string of the molecule is CCCCCCC(=O)n1nc(OCCOC)nc1-c1ccc2c(c1)OCO2. The molecule has 27 heavy (non-hydrogen) atoms. The highest BCUT2D eigenvalue weighted by Crippen LogP contribution is 2.35. The standard InChI is InChI=1S/C19H25N3O5/c1-3-4-5-6-7-17(23)22-18(20-19(21-22)25-11-10-24-2)14-8-9-15-16(12-14)27-13-26-15/h8-9,12H,3-7,10-11,13H2,1-2H3. The van der Waals surface area contributed by atoms with Gasteiger partial charge in [0.25, 0.3) is 0 Å². The van der Waals surface area contributed by atoms with Crippen molar-refractivity contribution in [2.45, 2.75) is 39.0 Å². The fraction of sp³-hybridized carbons (Fsp3) is 0.526. The van der Waals surface area contributed by atoms with E-state index in [1.807, 2.05) is 6.07 Å². The van der Waals surface area contributed by atoms with Crippen molar-refractivity contribution in [1.82, 2.24) is 14.8 Å². The minimum Gasteiger partial charge on any atom is -0.460 e. The second-order valence-corrected chi connectivity index (χ2v) is 6.24. The second-order valence-electron chi connectivity index (χ2n) is 6.24. The maximum absolute atomic E-state index is 12.7.